The van der Waals surface area contributed by atoms with Gasteiger partial charge in [0.1, 0.15) is 0 Å². The lowest BCUT2D eigenvalue weighted by Crippen LogP contribution is -2.90. The highest BCUT2D eigenvalue weighted by Crippen LogP contribution is 2.76. The average molecular weight is 249 g/mol. The Kier molecular flexibility index (Phi) is 2.45. The number of methoxy groups -OCH3 is 2. The first kappa shape index (κ1) is 12.8. The molecule has 3 atom stereocenters. The highest BCUT2D eigenvalue weighted by Gasteiger charge is 2.96. The van der Waals surface area contributed by atoms with Crippen LogP contribution in [0.25, 0.3) is 0 Å². The summed E-state index contributed by atoms with van der Waals surface area (Å²) in [6, 6.07) is 4.43. The summed E-state index contributed by atoms with van der Waals surface area (Å²) in [6.45, 7) is 3.93. The van der Waals surface area contributed by atoms with Crippen LogP contribution in [0.4, 0.5) is 0 Å². The summed E-state index contributed by atoms with van der Waals surface area (Å²) in [7, 11) is 2.87. The molecule has 1 aliphatic carbocycles. The second kappa shape index (κ2) is 3.44. The van der Waals surface area contributed by atoms with E-state index in [9.17, 15) is 10.5 Å². The average Bonchev–Trinajstić information content (AvgIpc) is 2.95. The van der Waals surface area contributed by atoms with Crippen molar-refractivity contribution in [3.05, 3.63) is 0 Å². The molecule has 0 unspecified atom stereocenters. The first-order valence-corrected chi connectivity index (χ1v) is 5.78. The van der Waals surface area contributed by atoms with Crippen LogP contribution < -0.4 is 10.7 Å². The van der Waals surface area contributed by atoms with E-state index in [1.165, 1.54) is 14.2 Å². The molecule has 6 nitrogen and oxygen atoms in total. The number of amidine groups is 1. The zero-order valence-electron chi connectivity index (χ0n) is 10.9. The zero-order valence-corrected chi connectivity index (χ0v) is 10.9. The van der Waals surface area contributed by atoms with Gasteiger partial charge in [-0.05, 0) is 5.92 Å². The Bertz CT molecular complexity index is 497. The van der Waals surface area contributed by atoms with Gasteiger partial charge in [-0.2, -0.15) is 10.5 Å². The second-order valence-electron chi connectivity index (χ2n) is 5.12. The van der Waals surface area contributed by atoms with Crippen LogP contribution in [0.3, 0.4) is 0 Å². The van der Waals surface area contributed by atoms with E-state index in [-0.39, 0.29) is 17.7 Å². The Morgan fingerprint density at radius 1 is 1.28 bits per heavy atom. The fraction of sp³-hybridized carbons (Fsp3) is 0.750. The van der Waals surface area contributed by atoms with E-state index in [2.05, 4.69) is 17.1 Å². The third kappa shape index (κ3) is 0.902. The molecule has 1 heterocycles. The van der Waals surface area contributed by atoms with Gasteiger partial charge in [0, 0.05) is 20.1 Å². The van der Waals surface area contributed by atoms with Crippen molar-refractivity contribution >= 4 is 5.84 Å². The minimum Gasteiger partial charge on any atom is -0.317 e. The number of nitrogens with two attached hydrogens (primary N) is 1. The minimum absolute atomic E-state index is 0.120. The number of nitrogens with one attached hydrogen (secondary N) is 1. The van der Waals surface area contributed by atoms with Crippen LogP contribution in [0.15, 0.2) is 0 Å². The number of hydrogen-bond donors (Lipinski definition) is 2. The molecular weight excluding hydrogens is 232 g/mol. The normalized spacial score (nSPS) is 39.7. The molecule has 96 valence electrons. The van der Waals surface area contributed by atoms with E-state index in [1.807, 2.05) is 13.8 Å². The van der Waals surface area contributed by atoms with Crippen LogP contribution in [0, 0.1) is 45.3 Å². The molecule has 0 radical (unpaired) electrons. The molecule has 1 fully saturated rings. The molecule has 0 bridgehead atoms. The van der Waals surface area contributed by atoms with E-state index in [0.717, 1.165) is 0 Å². The minimum atomic E-state index is -1.35. The highest BCUT2D eigenvalue weighted by molar-refractivity contribution is 5.93. The van der Waals surface area contributed by atoms with Gasteiger partial charge in [0.05, 0.1) is 12.1 Å². The number of nitriles is 2. The summed E-state index contributed by atoms with van der Waals surface area (Å²) >= 11 is 0. The van der Waals surface area contributed by atoms with Crippen molar-refractivity contribution in [2.45, 2.75) is 19.8 Å². The monoisotopic (exact) mass is 249 g/mol. The van der Waals surface area contributed by atoms with E-state index in [4.69, 9.17) is 15.2 Å². The Hall–Kier alpha value is -1.63. The molecule has 0 amide bonds. The highest BCUT2D eigenvalue weighted by atomic mass is 16.7. The van der Waals surface area contributed by atoms with E-state index in [0.29, 0.717) is 0 Å². The Labute approximate surface area is 106 Å². The third-order valence-corrected chi connectivity index (χ3v) is 4.31. The fourth-order valence-corrected chi connectivity index (χ4v) is 3.68. The molecule has 6 heteroatoms. The van der Waals surface area contributed by atoms with Gasteiger partial charge in [-0.3, -0.25) is 5.73 Å². The molecule has 0 aromatic carbocycles. The van der Waals surface area contributed by atoms with Crippen LogP contribution in [-0.2, 0) is 9.47 Å². The molecule has 2 aliphatic rings. The van der Waals surface area contributed by atoms with Crippen molar-refractivity contribution in [3.63, 3.8) is 0 Å². The van der Waals surface area contributed by atoms with Crippen molar-refractivity contribution in [1.82, 2.24) is 0 Å². The molecule has 3 N–H and O–H groups in total. The molecule has 2 rings (SSSR count). The van der Waals surface area contributed by atoms with Crippen molar-refractivity contribution in [2.75, 3.05) is 14.2 Å². The predicted octanol–water partition coefficient (Wildman–Crippen LogP) is -1.31. The summed E-state index contributed by atoms with van der Waals surface area (Å²) in [5.74, 6) is -1.18. The molecule has 0 aromatic rings. The fourth-order valence-electron chi connectivity index (χ4n) is 3.68. The van der Waals surface area contributed by atoms with Gasteiger partial charge < -0.3 is 9.47 Å². The number of ether oxygens (including phenoxy) is 2. The molecule has 0 saturated heterocycles. The van der Waals surface area contributed by atoms with Gasteiger partial charge in [0.25, 0.3) is 5.84 Å². The van der Waals surface area contributed by atoms with Crippen molar-refractivity contribution in [1.29, 1.82) is 10.5 Å². The summed E-state index contributed by atoms with van der Waals surface area (Å²) in [4.78, 5) is 2.84. The lowest BCUT2D eigenvalue weighted by Gasteiger charge is -2.27. The first-order valence-electron chi connectivity index (χ1n) is 5.78. The van der Waals surface area contributed by atoms with Crippen molar-refractivity contribution < 1.29 is 14.5 Å². The first-order chi connectivity index (χ1) is 8.44. The number of rotatable bonds is 3. The molecule has 1 aliphatic heterocycles. The second-order valence-corrected chi connectivity index (χ2v) is 5.12. The number of fused-ring (bicyclic) bond motifs is 1. The van der Waals surface area contributed by atoms with Gasteiger partial charge >= 0.3 is 5.91 Å². The maximum Gasteiger partial charge on any atom is 0.342 e. The molecular formula is C12H17N4O2+. The zero-order chi connectivity index (χ0) is 13.8. The van der Waals surface area contributed by atoms with E-state index in [1.54, 1.807) is 0 Å². The molecule has 18 heavy (non-hydrogen) atoms. The summed E-state index contributed by atoms with van der Waals surface area (Å²) < 4.78 is 10.7. The van der Waals surface area contributed by atoms with E-state index < -0.39 is 16.7 Å². The topological polar surface area (TPSA) is 106 Å². The van der Waals surface area contributed by atoms with Crippen LogP contribution in [0.2, 0.25) is 0 Å². The third-order valence-electron chi connectivity index (χ3n) is 4.31. The van der Waals surface area contributed by atoms with Gasteiger partial charge in [-0.1, -0.05) is 13.8 Å². The molecule has 0 aromatic heterocycles. The summed E-state index contributed by atoms with van der Waals surface area (Å²) in [5, 5.41) is 19.2. The predicted molar refractivity (Wildman–Crippen MR) is 61.3 cm³/mol. The Morgan fingerprint density at radius 3 is 2.11 bits per heavy atom. The standard InChI is InChI=1S/C12H16N4O2/c1-7(2)8-10(5-13)9(15)16-12(17-3,18-4)11(8,10)6-14/h7-8H,1-4H3,(H2,15,16)/p+1/t8-,10+,11+/m0/s1. The van der Waals surface area contributed by atoms with Crippen LogP contribution >= 0.6 is 0 Å². The van der Waals surface area contributed by atoms with Crippen LogP contribution in [-0.4, -0.2) is 26.0 Å². The summed E-state index contributed by atoms with van der Waals surface area (Å²) in [5.41, 5.74) is 3.81. The van der Waals surface area contributed by atoms with Gasteiger partial charge in [-0.25, -0.2) is 4.99 Å². The van der Waals surface area contributed by atoms with E-state index >= 15 is 0 Å². The molecule has 1 saturated carbocycles. The van der Waals surface area contributed by atoms with Gasteiger partial charge in [0.15, 0.2) is 10.8 Å². The van der Waals surface area contributed by atoms with Crippen molar-refractivity contribution in [3.8, 4) is 12.1 Å². The lowest BCUT2D eigenvalue weighted by molar-refractivity contribution is -0.688. The lowest BCUT2D eigenvalue weighted by atomic mass is 9.93. The van der Waals surface area contributed by atoms with Crippen LogP contribution in [0.5, 0.6) is 0 Å². The SMILES string of the molecule is COC1(OC)[NH+]=C(N)[C@@]2(C#N)[C@H](C(C)C)[C@@]12C#N. The summed E-state index contributed by atoms with van der Waals surface area (Å²) in [6.07, 6.45) is 0. The Morgan fingerprint density at radius 2 is 1.83 bits per heavy atom. The maximum atomic E-state index is 9.63. The van der Waals surface area contributed by atoms with Crippen LogP contribution in [0.1, 0.15) is 13.8 Å². The van der Waals surface area contributed by atoms with Crippen molar-refractivity contribution in [2.24, 2.45) is 28.4 Å². The molecule has 0 spiro atoms. The van der Waals surface area contributed by atoms with Gasteiger partial charge in [0.2, 0.25) is 0 Å². The quantitative estimate of drug-likeness (QED) is 0.604. The largest absolute Gasteiger partial charge is 0.342 e. The maximum absolute atomic E-state index is 9.63. The Balaban J connectivity index is 2.69. The number of nitrogens with zero attached hydrogens (tertiary/aromatic N) is 2. The number of hydrogen-bond acceptors (Lipinski definition) is 5. The van der Waals surface area contributed by atoms with Gasteiger partial charge in [-0.15, -0.1) is 0 Å². The smallest absolute Gasteiger partial charge is 0.317 e.